The number of ketones is 1. The summed E-state index contributed by atoms with van der Waals surface area (Å²) in [5.41, 5.74) is 2.90. The third-order valence-electron chi connectivity index (χ3n) is 5.59. The molecule has 0 saturated heterocycles. The molecule has 2 nitrogen and oxygen atoms in total. The van der Waals surface area contributed by atoms with E-state index in [1.54, 1.807) is 18.2 Å². The van der Waals surface area contributed by atoms with E-state index in [2.05, 4.69) is 12.2 Å². The molecule has 4 heteroatoms. The molecule has 1 saturated carbocycles. The van der Waals surface area contributed by atoms with E-state index < -0.39 is 0 Å². The second-order valence-corrected chi connectivity index (χ2v) is 7.54. The summed E-state index contributed by atoms with van der Waals surface area (Å²) in [6.45, 7) is 2.86. The minimum Gasteiger partial charge on any atom is -0.314 e. The molecule has 0 amide bonds. The van der Waals surface area contributed by atoms with Gasteiger partial charge in [0.25, 0.3) is 0 Å². The number of hydrogen-bond donors (Lipinski definition) is 1. The molecule has 0 aromatic heterocycles. The van der Waals surface area contributed by atoms with Crippen molar-refractivity contribution in [3.63, 3.8) is 0 Å². The summed E-state index contributed by atoms with van der Waals surface area (Å²) >= 11 is 0. The fourth-order valence-electron chi connectivity index (χ4n) is 3.99. The van der Waals surface area contributed by atoms with Gasteiger partial charge in [-0.25, -0.2) is 8.78 Å². The molecular weight excluding hydrogens is 344 g/mol. The zero-order valence-electron chi connectivity index (χ0n) is 15.8. The van der Waals surface area contributed by atoms with E-state index in [1.807, 2.05) is 6.07 Å². The van der Waals surface area contributed by atoms with Gasteiger partial charge in [0, 0.05) is 18.0 Å². The van der Waals surface area contributed by atoms with Crippen LogP contribution < -0.4 is 5.32 Å². The van der Waals surface area contributed by atoms with Crippen LogP contribution in [0.1, 0.15) is 65.9 Å². The van der Waals surface area contributed by atoms with E-state index in [1.165, 1.54) is 23.8 Å². The van der Waals surface area contributed by atoms with Crippen molar-refractivity contribution < 1.29 is 13.6 Å². The van der Waals surface area contributed by atoms with Crippen LogP contribution in [-0.4, -0.2) is 18.4 Å². The number of nitrogens with one attached hydrogen (secondary N) is 1. The molecule has 144 valence electrons. The van der Waals surface area contributed by atoms with Crippen molar-refractivity contribution in [2.45, 2.75) is 57.4 Å². The molecule has 0 bridgehead atoms. The molecule has 1 aliphatic carbocycles. The largest absolute Gasteiger partial charge is 0.314 e. The van der Waals surface area contributed by atoms with Crippen molar-refractivity contribution >= 4 is 5.78 Å². The average molecular weight is 371 g/mol. The summed E-state index contributed by atoms with van der Waals surface area (Å²) in [6.07, 6.45) is 5.53. The highest BCUT2D eigenvalue weighted by Gasteiger charge is 2.23. The van der Waals surface area contributed by atoms with Crippen molar-refractivity contribution in [3.8, 4) is 0 Å². The summed E-state index contributed by atoms with van der Waals surface area (Å²) in [7, 11) is 0. The fraction of sp³-hybridized carbons (Fsp3) is 0.435. The molecule has 0 heterocycles. The SMILES string of the molecule is Cc1ccc(F)cc1C1CCC(NCCCC(=O)c2ccc(F)cc2)CC1. The first-order chi connectivity index (χ1) is 13.0. The Morgan fingerprint density at radius 2 is 1.67 bits per heavy atom. The number of rotatable bonds is 7. The molecule has 0 unspecified atom stereocenters. The van der Waals surface area contributed by atoms with E-state index in [0.29, 0.717) is 23.9 Å². The summed E-state index contributed by atoms with van der Waals surface area (Å²) in [5, 5.41) is 3.55. The van der Waals surface area contributed by atoms with Gasteiger partial charge in [-0.1, -0.05) is 6.07 Å². The van der Waals surface area contributed by atoms with Crippen LogP contribution in [0.15, 0.2) is 42.5 Å². The summed E-state index contributed by atoms with van der Waals surface area (Å²) in [6, 6.07) is 11.3. The van der Waals surface area contributed by atoms with E-state index in [0.717, 1.165) is 44.2 Å². The highest BCUT2D eigenvalue weighted by atomic mass is 19.1. The smallest absolute Gasteiger partial charge is 0.162 e. The van der Waals surface area contributed by atoms with Gasteiger partial charge in [-0.15, -0.1) is 0 Å². The molecular formula is C23H27F2NO. The Balaban J connectivity index is 1.38. The molecule has 27 heavy (non-hydrogen) atoms. The summed E-state index contributed by atoms with van der Waals surface area (Å²) in [4.78, 5) is 12.1. The molecule has 3 rings (SSSR count). The lowest BCUT2D eigenvalue weighted by atomic mass is 9.80. The van der Waals surface area contributed by atoms with Crippen LogP contribution >= 0.6 is 0 Å². The highest BCUT2D eigenvalue weighted by molar-refractivity contribution is 5.95. The predicted octanol–water partition coefficient (Wildman–Crippen LogP) is 5.55. The van der Waals surface area contributed by atoms with Gasteiger partial charge in [0.2, 0.25) is 0 Å². The van der Waals surface area contributed by atoms with Crippen LogP contribution in [0.4, 0.5) is 8.78 Å². The number of carbonyl (C=O) groups is 1. The summed E-state index contributed by atoms with van der Waals surface area (Å²) < 4.78 is 26.4. The Bertz CT molecular complexity index is 764. The maximum atomic E-state index is 13.5. The van der Waals surface area contributed by atoms with Crippen LogP contribution in [0.3, 0.4) is 0 Å². The molecule has 0 atom stereocenters. The number of benzene rings is 2. The van der Waals surface area contributed by atoms with E-state index in [-0.39, 0.29) is 17.4 Å². The number of Topliss-reactive ketones (excluding diaryl/α,β-unsaturated/α-hetero) is 1. The molecule has 0 spiro atoms. The lowest BCUT2D eigenvalue weighted by Crippen LogP contribution is -2.33. The predicted molar refractivity (Wildman–Crippen MR) is 104 cm³/mol. The number of hydrogen-bond acceptors (Lipinski definition) is 2. The van der Waals surface area contributed by atoms with E-state index >= 15 is 0 Å². The van der Waals surface area contributed by atoms with Crippen molar-refractivity contribution in [3.05, 3.63) is 70.8 Å². The Morgan fingerprint density at radius 1 is 1.00 bits per heavy atom. The Hall–Kier alpha value is -2.07. The van der Waals surface area contributed by atoms with Crippen molar-refractivity contribution in [2.24, 2.45) is 0 Å². The van der Waals surface area contributed by atoms with Crippen LogP contribution in [0, 0.1) is 18.6 Å². The maximum Gasteiger partial charge on any atom is 0.162 e. The molecule has 1 aliphatic rings. The second kappa shape index (κ2) is 9.23. The Labute approximate surface area is 160 Å². The third kappa shape index (κ3) is 5.46. The number of halogens is 2. The topological polar surface area (TPSA) is 29.1 Å². The molecule has 2 aromatic rings. The molecule has 0 radical (unpaired) electrons. The third-order valence-corrected chi connectivity index (χ3v) is 5.59. The van der Waals surface area contributed by atoms with Crippen molar-refractivity contribution in [2.75, 3.05) is 6.54 Å². The van der Waals surface area contributed by atoms with Crippen LogP contribution in [-0.2, 0) is 0 Å². The van der Waals surface area contributed by atoms with Gasteiger partial charge in [0.15, 0.2) is 5.78 Å². The zero-order valence-corrected chi connectivity index (χ0v) is 15.8. The normalized spacial score (nSPS) is 19.8. The van der Waals surface area contributed by atoms with Crippen LogP contribution in [0.5, 0.6) is 0 Å². The molecule has 0 aliphatic heterocycles. The first-order valence-electron chi connectivity index (χ1n) is 9.81. The minimum absolute atomic E-state index is 0.0575. The number of aryl methyl sites for hydroxylation is 1. The zero-order chi connectivity index (χ0) is 19.2. The van der Waals surface area contributed by atoms with Gasteiger partial charge in [-0.3, -0.25) is 4.79 Å². The van der Waals surface area contributed by atoms with Crippen molar-refractivity contribution in [1.29, 1.82) is 0 Å². The maximum absolute atomic E-state index is 13.5. The standard InChI is InChI=1S/C23H27F2NO/c1-16-4-9-20(25)15-22(16)17-7-12-21(13-8-17)26-14-2-3-23(27)18-5-10-19(24)11-6-18/h4-6,9-11,15,17,21,26H,2-3,7-8,12-14H2,1H3. The lowest BCUT2D eigenvalue weighted by Gasteiger charge is -2.30. The van der Waals surface area contributed by atoms with Crippen molar-refractivity contribution in [1.82, 2.24) is 5.32 Å². The van der Waals surface area contributed by atoms with Gasteiger partial charge < -0.3 is 5.32 Å². The van der Waals surface area contributed by atoms with E-state index in [9.17, 15) is 13.6 Å². The fourth-order valence-corrected chi connectivity index (χ4v) is 3.99. The van der Waals surface area contributed by atoms with Gasteiger partial charge in [-0.2, -0.15) is 0 Å². The number of carbonyl (C=O) groups excluding carboxylic acids is 1. The molecule has 1 N–H and O–H groups in total. The monoisotopic (exact) mass is 371 g/mol. The first-order valence-corrected chi connectivity index (χ1v) is 9.81. The summed E-state index contributed by atoms with van der Waals surface area (Å²) in [5.74, 6) is 0.0276. The van der Waals surface area contributed by atoms with Gasteiger partial charge in [0.1, 0.15) is 11.6 Å². The van der Waals surface area contributed by atoms with Gasteiger partial charge >= 0.3 is 0 Å². The molecule has 2 aromatic carbocycles. The quantitative estimate of drug-likeness (QED) is 0.510. The second-order valence-electron chi connectivity index (χ2n) is 7.54. The van der Waals surface area contributed by atoms with E-state index in [4.69, 9.17) is 0 Å². The van der Waals surface area contributed by atoms with Gasteiger partial charge in [-0.05, 0) is 99.0 Å². The van der Waals surface area contributed by atoms with Gasteiger partial charge in [0.05, 0.1) is 0 Å². The average Bonchev–Trinajstić information content (AvgIpc) is 2.68. The molecule has 1 fully saturated rings. The Kier molecular flexibility index (Phi) is 6.73. The lowest BCUT2D eigenvalue weighted by molar-refractivity contribution is 0.0979. The van der Waals surface area contributed by atoms with Crippen LogP contribution in [0.25, 0.3) is 0 Å². The first kappa shape index (κ1) is 19.7. The Morgan fingerprint density at radius 3 is 2.37 bits per heavy atom. The van der Waals surface area contributed by atoms with Crippen LogP contribution in [0.2, 0.25) is 0 Å². The minimum atomic E-state index is -0.322. The highest BCUT2D eigenvalue weighted by Crippen LogP contribution is 2.34.